The van der Waals surface area contributed by atoms with Crippen LogP contribution in [0.1, 0.15) is 19.4 Å². The molecule has 0 bridgehead atoms. The Morgan fingerprint density at radius 1 is 1.15 bits per heavy atom. The molecule has 0 saturated carbocycles. The van der Waals surface area contributed by atoms with Gasteiger partial charge in [-0.05, 0) is 22.9 Å². The number of phenols is 1. The van der Waals surface area contributed by atoms with Gasteiger partial charge in [0.25, 0.3) is 5.79 Å². The van der Waals surface area contributed by atoms with Crippen molar-refractivity contribution >= 4 is 10.8 Å². The van der Waals surface area contributed by atoms with Gasteiger partial charge in [-0.2, -0.15) is 4.89 Å². The molecule has 0 aromatic heterocycles. The third-order valence-electron chi connectivity index (χ3n) is 4.22. The molecule has 2 aliphatic heterocycles. The van der Waals surface area contributed by atoms with Crippen molar-refractivity contribution in [2.45, 2.75) is 25.7 Å². The fourth-order valence-electron chi connectivity index (χ4n) is 3.07. The van der Waals surface area contributed by atoms with Gasteiger partial charge in [-0.25, -0.2) is 4.89 Å². The van der Waals surface area contributed by atoms with E-state index in [1.807, 2.05) is 30.3 Å². The normalized spacial score (nSPS) is 31.0. The first-order valence-electron chi connectivity index (χ1n) is 6.74. The maximum Gasteiger partial charge on any atom is 0.261 e. The molecule has 0 radical (unpaired) electrons. The van der Waals surface area contributed by atoms with Crippen molar-refractivity contribution in [3.05, 3.63) is 42.0 Å². The Hall–Kier alpha value is -1.62. The highest BCUT2D eigenvalue weighted by molar-refractivity contribution is 5.85. The summed E-state index contributed by atoms with van der Waals surface area (Å²) in [6.07, 6.45) is -0.206. The van der Waals surface area contributed by atoms with E-state index in [-0.39, 0.29) is 17.3 Å². The summed E-state index contributed by atoms with van der Waals surface area (Å²) in [6, 6.07) is 11.5. The first-order valence-corrected chi connectivity index (χ1v) is 6.74. The van der Waals surface area contributed by atoms with Crippen molar-refractivity contribution in [3.8, 4) is 5.75 Å². The molecule has 1 N–H and O–H groups in total. The highest BCUT2D eigenvalue weighted by Gasteiger charge is 2.66. The number of rotatable bonds is 1. The molecule has 2 aliphatic rings. The smallest absolute Gasteiger partial charge is 0.261 e. The summed E-state index contributed by atoms with van der Waals surface area (Å²) in [6.45, 7) is 4.67. The molecule has 0 spiro atoms. The molecular weight excluding hydrogens is 256 g/mol. The summed E-state index contributed by atoms with van der Waals surface area (Å²) in [7, 11) is 0. The van der Waals surface area contributed by atoms with E-state index in [0.717, 1.165) is 10.8 Å². The average Bonchev–Trinajstić information content (AvgIpc) is 2.55. The van der Waals surface area contributed by atoms with Crippen LogP contribution in [0.5, 0.6) is 5.75 Å². The zero-order valence-corrected chi connectivity index (χ0v) is 11.4. The Balaban J connectivity index is 1.89. The van der Waals surface area contributed by atoms with Crippen LogP contribution in [0.25, 0.3) is 10.8 Å². The summed E-state index contributed by atoms with van der Waals surface area (Å²) >= 11 is 0. The van der Waals surface area contributed by atoms with E-state index >= 15 is 0 Å². The standard InChI is InChI=1S/C16H16O4/c1-15(2)9-18-16(14(15)19-20-16)12-7-10-5-3-4-6-11(10)8-13(12)17/h3-8,14,17H,9H2,1-2H3. The average molecular weight is 272 g/mol. The van der Waals surface area contributed by atoms with Crippen LogP contribution in [0.15, 0.2) is 36.4 Å². The maximum absolute atomic E-state index is 10.3. The summed E-state index contributed by atoms with van der Waals surface area (Å²) < 4.78 is 5.86. The first kappa shape index (κ1) is 12.1. The molecule has 2 atom stereocenters. The van der Waals surface area contributed by atoms with Crippen LogP contribution < -0.4 is 0 Å². The Morgan fingerprint density at radius 2 is 1.85 bits per heavy atom. The van der Waals surface area contributed by atoms with Crippen molar-refractivity contribution in [2.24, 2.45) is 5.41 Å². The Morgan fingerprint density at radius 3 is 2.45 bits per heavy atom. The summed E-state index contributed by atoms with van der Waals surface area (Å²) in [5.41, 5.74) is 0.495. The van der Waals surface area contributed by atoms with Crippen molar-refractivity contribution in [2.75, 3.05) is 6.61 Å². The van der Waals surface area contributed by atoms with Gasteiger partial charge in [0.2, 0.25) is 0 Å². The molecule has 2 aromatic rings. The van der Waals surface area contributed by atoms with E-state index in [0.29, 0.717) is 12.2 Å². The van der Waals surface area contributed by atoms with E-state index in [1.54, 1.807) is 6.07 Å². The van der Waals surface area contributed by atoms with Gasteiger partial charge in [-0.1, -0.05) is 38.1 Å². The molecule has 20 heavy (non-hydrogen) atoms. The number of hydrogen-bond donors (Lipinski definition) is 1. The van der Waals surface area contributed by atoms with Crippen LogP contribution in [0.3, 0.4) is 0 Å². The third kappa shape index (κ3) is 1.41. The predicted molar refractivity (Wildman–Crippen MR) is 73.0 cm³/mol. The monoisotopic (exact) mass is 272 g/mol. The molecule has 2 fully saturated rings. The number of fused-ring (bicyclic) bond motifs is 2. The van der Waals surface area contributed by atoms with Gasteiger partial charge in [0.05, 0.1) is 12.2 Å². The lowest BCUT2D eigenvalue weighted by molar-refractivity contribution is -0.569. The van der Waals surface area contributed by atoms with Crippen LogP contribution in [0, 0.1) is 5.41 Å². The van der Waals surface area contributed by atoms with Gasteiger partial charge in [0.1, 0.15) is 5.75 Å². The van der Waals surface area contributed by atoms with Crippen molar-refractivity contribution in [1.82, 2.24) is 0 Å². The number of phenolic OH excluding ortho intramolecular Hbond substituents is 1. The second-order valence-electron chi connectivity index (χ2n) is 6.22. The lowest BCUT2D eigenvalue weighted by Gasteiger charge is -2.44. The van der Waals surface area contributed by atoms with E-state index in [9.17, 15) is 5.11 Å². The van der Waals surface area contributed by atoms with E-state index in [1.165, 1.54) is 0 Å². The van der Waals surface area contributed by atoms with Gasteiger partial charge in [-0.15, -0.1) is 0 Å². The molecule has 2 unspecified atom stereocenters. The summed E-state index contributed by atoms with van der Waals surface area (Å²) in [5.74, 6) is -0.799. The molecule has 4 heteroatoms. The van der Waals surface area contributed by atoms with Crippen LogP contribution in [-0.2, 0) is 20.3 Å². The zero-order valence-electron chi connectivity index (χ0n) is 11.4. The van der Waals surface area contributed by atoms with Gasteiger partial charge in [0.15, 0.2) is 6.10 Å². The number of ether oxygens (including phenoxy) is 1. The minimum atomic E-state index is -0.975. The fraction of sp³-hybridized carbons (Fsp3) is 0.375. The SMILES string of the molecule is CC1(C)COC2(c3cc4ccccc4cc3O)OOC12. The molecule has 4 nitrogen and oxygen atoms in total. The number of aromatic hydroxyl groups is 1. The van der Waals surface area contributed by atoms with E-state index in [2.05, 4.69) is 13.8 Å². The predicted octanol–water partition coefficient (Wildman–Crippen LogP) is 3.09. The lowest BCUT2D eigenvalue weighted by Crippen LogP contribution is -2.55. The minimum Gasteiger partial charge on any atom is -0.507 e. The quantitative estimate of drug-likeness (QED) is 0.810. The van der Waals surface area contributed by atoms with Gasteiger partial charge >= 0.3 is 0 Å². The van der Waals surface area contributed by atoms with E-state index < -0.39 is 5.79 Å². The third-order valence-corrected chi connectivity index (χ3v) is 4.22. The number of benzene rings is 2. The Kier molecular flexibility index (Phi) is 2.26. The lowest BCUT2D eigenvalue weighted by atomic mass is 9.82. The molecular formula is C16H16O4. The van der Waals surface area contributed by atoms with Crippen LogP contribution in [-0.4, -0.2) is 17.8 Å². The molecule has 2 saturated heterocycles. The topological polar surface area (TPSA) is 47.9 Å². The highest BCUT2D eigenvalue weighted by atomic mass is 17.3. The Labute approximate surface area is 116 Å². The van der Waals surface area contributed by atoms with Gasteiger partial charge < -0.3 is 9.84 Å². The largest absolute Gasteiger partial charge is 0.507 e. The minimum absolute atomic E-state index is 0.143. The summed E-state index contributed by atoms with van der Waals surface area (Å²) in [5, 5.41) is 12.4. The van der Waals surface area contributed by atoms with Crippen molar-refractivity contribution in [1.29, 1.82) is 0 Å². The highest BCUT2D eigenvalue weighted by Crippen LogP contribution is 2.56. The van der Waals surface area contributed by atoms with Crippen LogP contribution in [0.4, 0.5) is 0 Å². The summed E-state index contributed by atoms with van der Waals surface area (Å²) in [4.78, 5) is 10.6. The molecule has 104 valence electrons. The zero-order chi connectivity index (χ0) is 14.0. The molecule has 0 aliphatic carbocycles. The first-order chi connectivity index (χ1) is 9.53. The molecule has 2 aromatic carbocycles. The van der Waals surface area contributed by atoms with Crippen LogP contribution >= 0.6 is 0 Å². The van der Waals surface area contributed by atoms with Crippen molar-refractivity contribution in [3.63, 3.8) is 0 Å². The van der Waals surface area contributed by atoms with Crippen molar-refractivity contribution < 1.29 is 19.6 Å². The van der Waals surface area contributed by atoms with Gasteiger partial charge in [0, 0.05) is 5.41 Å². The molecule has 4 rings (SSSR count). The fourth-order valence-corrected chi connectivity index (χ4v) is 3.07. The number of hydrogen-bond acceptors (Lipinski definition) is 4. The maximum atomic E-state index is 10.3. The van der Waals surface area contributed by atoms with Gasteiger partial charge in [-0.3, -0.25) is 0 Å². The second kappa shape index (κ2) is 3.73. The molecule has 2 heterocycles. The van der Waals surface area contributed by atoms with E-state index in [4.69, 9.17) is 14.5 Å². The van der Waals surface area contributed by atoms with Crippen LogP contribution in [0.2, 0.25) is 0 Å². The second-order valence-corrected chi connectivity index (χ2v) is 6.22. The molecule has 0 amide bonds. The Bertz CT molecular complexity index is 694.